The van der Waals surface area contributed by atoms with Crippen LogP contribution < -0.4 is 10.1 Å². The molecule has 0 unspecified atom stereocenters. The lowest BCUT2D eigenvalue weighted by molar-refractivity contribution is -0.115. The molecule has 0 bridgehead atoms. The van der Waals surface area contributed by atoms with Gasteiger partial charge in [0.15, 0.2) is 0 Å². The SMILES string of the molecule is CC(C)Oc1ccc(NC(=O)Cc2c[nH]c3cc(F)ccc23)cc1. The topological polar surface area (TPSA) is 54.1 Å². The molecule has 0 saturated heterocycles. The molecule has 2 aromatic carbocycles. The Hall–Kier alpha value is -2.82. The first-order valence-corrected chi connectivity index (χ1v) is 7.83. The smallest absolute Gasteiger partial charge is 0.228 e. The monoisotopic (exact) mass is 326 g/mol. The van der Waals surface area contributed by atoms with Gasteiger partial charge in [0, 0.05) is 22.8 Å². The summed E-state index contributed by atoms with van der Waals surface area (Å²) in [5, 5.41) is 3.71. The Morgan fingerprint density at radius 1 is 1.21 bits per heavy atom. The number of nitrogens with one attached hydrogen (secondary N) is 2. The molecular formula is C19H19FN2O2. The summed E-state index contributed by atoms with van der Waals surface area (Å²) in [5.74, 6) is 0.337. The van der Waals surface area contributed by atoms with Crippen LogP contribution in [0.15, 0.2) is 48.7 Å². The largest absolute Gasteiger partial charge is 0.491 e. The number of rotatable bonds is 5. The third kappa shape index (κ3) is 3.74. The van der Waals surface area contributed by atoms with E-state index in [0.717, 1.165) is 16.7 Å². The van der Waals surface area contributed by atoms with E-state index in [1.165, 1.54) is 12.1 Å². The van der Waals surface area contributed by atoms with Gasteiger partial charge >= 0.3 is 0 Å². The van der Waals surface area contributed by atoms with Crippen LogP contribution in [0.3, 0.4) is 0 Å². The maximum atomic E-state index is 13.2. The van der Waals surface area contributed by atoms with Gasteiger partial charge in [0.25, 0.3) is 0 Å². The van der Waals surface area contributed by atoms with Crippen LogP contribution >= 0.6 is 0 Å². The second-order valence-corrected chi connectivity index (χ2v) is 5.92. The van der Waals surface area contributed by atoms with Gasteiger partial charge in [0.2, 0.25) is 5.91 Å². The molecule has 0 aliphatic carbocycles. The molecule has 4 nitrogen and oxygen atoms in total. The van der Waals surface area contributed by atoms with Gasteiger partial charge in [-0.3, -0.25) is 4.79 Å². The molecule has 24 heavy (non-hydrogen) atoms. The Kier molecular flexibility index (Phi) is 4.51. The Balaban J connectivity index is 1.66. The van der Waals surface area contributed by atoms with Gasteiger partial charge in [-0.2, -0.15) is 0 Å². The maximum absolute atomic E-state index is 13.2. The van der Waals surface area contributed by atoms with Gasteiger partial charge in [0.05, 0.1) is 12.5 Å². The Morgan fingerprint density at radius 2 is 1.96 bits per heavy atom. The number of ether oxygens (including phenoxy) is 1. The summed E-state index contributed by atoms with van der Waals surface area (Å²) in [6.07, 6.45) is 2.07. The van der Waals surface area contributed by atoms with Crippen LogP contribution in [0.5, 0.6) is 5.75 Å². The van der Waals surface area contributed by atoms with E-state index in [1.807, 2.05) is 26.0 Å². The van der Waals surface area contributed by atoms with Crippen molar-refractivity contribution >= 4 is 22.5 Å². The predicted molar refractivity (Wildman–Crippen MR) is 92.8 cm³/mol. The number of carbonyl (C=O) groups excluding carboxylic acids is 1. The molecule has 1 aromatic heterocycles. The van der Waals surface area contributed by atoms with Crippen molar-refractivity contribution in [3.63, 3.8) is 0 Å². The summed E-state index contributed by atoms with van der Waals surface area (Å²) >= 11 is 0. The average molecular weight is 326 g/mol. The minimum absolute atomic E-state index is 0.108. The Labute approximate surface area is 139 Å². The molecule has 124 valence electrons. The van der Waals surface area contributed by atoms with Gasteiger partial charge in [-0.15, -0.1) is 0 Å². The molecule has 0 spiro atoms. The third-order valence-corrected chi connectivity index (χ3v) is 3.59. The van der Waals surface area contributed by atoms with Gasteiger partial charge in [-0.05, 0) is 61.9 Å². The molecule has 0 radical (unpaired) electrons. The fourth-order valence-corrected chi connectivity index (χ4v) is 2.57. The first kappa shape index (κ1) is 16.1. The molecule has 0 atom stereocenters. The highest BCUT2D eigenvalue weighted by Gasteiger charge is 2.10. The van der Waals surface area contributed by atoms with E-state index in [1.54, 1.807) is 24.4 Å². The second kappa shape index (κ2) is 6.74. The van der Waals surface area contributed by atoms with Crippen LogP contribution in [0.2, 0.25) is 0 Å². The molecule has 0 aliphatic heterocycles. The molecule has 3 rings (SSSR count). The Morgan fingerprint density at radius 3 is 2.67 bits per heavy atom. The number of anilines is 1. The number of amides is 1. The number of aromatic amines is 1. The standard InChI is InChI=1S/C19H19FN2O2/c1-12(2)24-16-6-4-15(5-7-16)22-19(23)9-13-11-21-18-10-14(20)3-8-17(13)18/h3-8,10-12,21H,9H2,1-2H3,(H,22,23). The van der Waals surface area contributed by atoms with Crippen LogP contribution in [0.25, 0.3) is 10.9 Å². The summed E-state index contributed by atoms with van der Waals surface area (Å²) in [5.41, 5.74) is 2.23. The van der Waals surface area contributed by atoms with Crippen LogP contribution in [-0.2, 0) is 11.2 Å². The molecule has 1 heterocycles. The Bertz CT molecular complexity index is 853. The van der Waals surface area contributed by atoms with E-state index >= 15 is 0 Å². The van der Waals surface area contributed by atoms with E-state index < -0.39 is 0 Å². The van der Waals surface area contributed by atoms with Crippen molar-refractivity contribution in [2.75, 3.05) is 5.32 Å². The lowest BCUT2D eigenvalue weighted by Crippen LogP contribution is -2.14. The van der Waals surface area contributed by atoms with Gasteiger partial charge in [-0.25, -0.2) is 4.39 Å². The first-order valence-electron chi connectivity index (χ1n) is 7.83. The van der Waals surface area contributed by atoms with Crippen molar-refractivity contribution in [1.82, 2.24) is 4.98 Å². The number of hydrogen-bond acceptors (Lipinski definition) is 2. The fraction of sp³-hybridized carbons (Fsp3) is 0.211. The van der Waals surface area contributed by atoms with Crippen molar-refractivity contribution in [2.45, 2.75) is 26.4 Å². The normalized spacial score (nSPS) is 11.0. The summed E-state index contributed by atoms with van der Waals surface area (Å²) in [6.45, 7) is 3.92. The van der Waals surface area contributed by atoms with E-state index in [4.69, 9.17) is 4.74 Å². The van der Waals surface area contributed by atoms with Crippen LogP contribution in [0.4, 0.5) is 10.1 Å². The number of aromatic nitrogens is 1. The lowest BCUT2D eigenvalue weighted by Gasteiger charge is -2.10. The van der Waals surface area contributed by atoms with Crippen LogP contribution in [0, 0.1) is 5.82 Å². The fourth-order valence-electron chi connectivity index (χ4n) is 2.57. The van der Waals surface area contributed by atoms with E-state index in [0.29, 0.717) is 11.2 Å². The number of benzene rings is 2. The molecule has 1 amide bonds. The quantitative estimate of drug-likeness (QED) is 0.735. The molecule has 5 heteroatoms. The number of carbonyl (C=O) groups is 1. The number of H-pyrrole nitrogens is 1. The molecular weight excluding hydrogens is 307 g/mol. The minimum atomic E-state index is -0.302. The third-order valence-electron chi connectivity index (χ3n) is 3.59. The maximum Gasteiger partial charge on any atom is 0.228 e. The van der Waals surface area contributed by atoms with Crippen molar-refractivity contribution in [3.05, 3.63) is 60.0 Å². The van der Waals surface area contributed by atoms with E-state index in [-0.39, 0.29) is 24.2 Å². The highest BCUT2D eigenvalue weighted by Crippen LogP contribution is 2.21. The zero-order chi connectivity index (χ0) is 17.1. The highest BCUT2D eigenvalue weighted by molar-refractivity contribution is 5.95. The zero-order valence-corrected chi connectivity index (χ0v) is 13.6. The summed E-state index contributed by atoms with van der Waals surface area (Å²) < 4.78 is 18.8. The predicted octanol–water partition coefficient (Wildman–Crippen LogP) is 4.28. The lowest BCUT2D eigenvalue weighted by atomic mass is 10.1. The van der Waals surface area contributed by atoms with Gasteiger partial charge in [-0.1, -0.05) is 0 Å². The number of halogens is 1. The number of hydrogen-bond donors (Lipinski definition) is 2. The summed E-state index contributed by atoms with van der Waals surface area (Å²) in [4.78, 5) is 15.2. The average Bonchev–Trinajstić information content (AvgIpc) is 2.90. The minimum Gasteiger partial charge on any atom is -0.491 e. The van der Waals surface area contributed by atoms with Crippen molar-refractivity contribution < 1.29 is 13.9 Å². The van der Waals surface area contributed by atoms with Gasteiger partial charge in [0.1, 0.15) is 11.6 Å². The molecule has 0 saturated carbocycles. The molecule has 3 aromatic rings. The first-order chi connectivity index (χ1) is 11.5. The zero-order valence-electron chi connectivity index (χ0n) is 13.6. The second-order valence-electron chi connectivity index (χ2n) is 5.92. The van der Waals surface area contributed by atoms with Crippen molar-refractivity contribution in [1.29, 1.82) is 0 Å². The molecule has 0 fully saturated rings. The number of fused-ring (bicyclic) bond motifs is 1. The highest BCUT2D eigenvalue weighted by atomic mass is 19.1. The van der Waals surface area contributed by atoms with Crippen LogP contribution in [0.1, 0.15) is 19.4 Å². The molecule has 2 N–H and O–H groups in total. The van der Waals surface area contributed by atoms with E-state index in [9.17, 15) is 9.18 Å². The molecule has 0 aliphatic rings. The summed E-state index contributed by atoms with van der Waals surface area (Å²) in [6, 6.07) is 11.8. The van der Waals surface area contributed by atoms with E-state index in [2.05, 4.69) is 10.3 Å². The van der Waals surface area contributed by atoms with Gasteiger partial charge < -0.3 is 15.0 Å². The summed E-state index contributed by atoms with van der Waals surface area (Å²) in [7, 11) is 0. The van der Waals surface area contributed by atoms with Crippen LogP contribution in [-0.4, -0.2) is 17.0 Å². The van der Waals surface area contributed by atoms with Crippen molar-refractivity contribution in [3.8, 4) is 5.75 Å². The van der Waals surface area contributed by atoms with Crippen molar-refractivity contribution in [2.24, 2.45) is 0 Å².